The zero-order valence-electron chi connectivity index (χ0n) is 29.3. The molecule has 3 fully saturated rings. The molecule has 0 bridgehead atoms. The first-order valence-corrected chi connectivity index (χ1v) is 17.7. The lowest BCUT2D eigenvalue weighted by molar-refractivity contribution is -0.384. The summed E-state index contributed by atoms with van der Waals surface area (Å²) in [4.78, 5) is 70.6. The standard InChI is InChI=1S/C40H32ClFN4O9/c1-54-26-17-31(47)34(32(18-26)55-2)35-27-15-16-28-33(38(50)44(36(28)48)24-11-13-25(14-12-24)46(52)53)29(27)19-30-37(49)45(43-23-9-7-22(42)8-10-23)39(51)40(30,35)20-3-5-21(41)6-4-20/h3-15,17-18,28-30,33,35,43,47H,16,19H2,1-2H3/t28-,29+,30-,33-,35+,40+/m0/s1. The van der Waals surface area contributed by atoms with Gasteiger partial charge in [-0.3, -0.25) is 39.6 Å². The second-order valence-electron chi connectivity index (χ2n) is 13.9. The van der Waals surface area contributed by atoms with E-state index in [2.05, 4.69) is 5.43 Å². The molecule has 1 saturated carbocycles. The molecule has 4 aromatic rings. The van der Waals surface area contributed by atoms with E-state index in [0.29, 0.717) is 16.2 Å². The van der Waals surface area contributed by atoms with Crippen molar-refractivity contribution in [2.45, 2.75) is 24.2 Å². The zero-order chi connectivity index (χ0) is 38.9. The molecule has 2 aliphatic carbocycles. The summed E-state index contributed by atoms with van der Waals surface area (Å²) in [6.45, 7) is 0. The second-order valence-corrected chi connectivity index (χ2v) is 14.4. The third-order valence-corrected chi connectivity index (χ3v) is 11.7. The molecule has 0 aromatic heterocycles. The Balaban J connectivity index is 1.34. The van der Waals surface area contributed by atoms with Gasteiger partial charge in [-0.25, -0.2) is 4.39 Å². The van der Waals surface area contributed by atoms with Crippen molar-refractivity contribution in [1.82, 2.24) is 5.01 Å². The van der Waals surface area contributed by atoms with Crippen molar-refractivity contribution in [3.8, 4) is 17.2 Å². The topological polar surface area (TPSA) is 169 Å². The van der Waals surface area contributed by atoms with Crippen LogP contribution in [0.5, 0.6) is 17.2 Å². The SMILES string of the molecule is COc1cc(O)c([C@H]2C3=CC[C@@H]4C(=O)N(c5ccc([N+](=O)[O-])cc5)C(=O)[C@@H]4[C@@H]3C[C@H]3C(=O)N(Nc4ccc(F)cc4)C(=O)[C@@]23c2ccc(Cl)cc2)c(OC)c1. The van der Waals surface area contributed by atoms with E-state index in [-0.39, 0.29) is 52.7 Å². The van der Waals surface area contributed by atoms with Crippen molar-refractivity contribution in [2.24, 2.45) is 23.7 Å². The third-order valence-electron chi connectivity index (χ3n) is 11.4. The predicted octanol–water partition coefficient (Wildman–Crippen LogP) is 6.30. The molecule has 0 unspecified atom stereocenters. The molecular formula is C40H32ClFN4O9. The average Bonchev–Trinajstić information content (AvgIpc) is 3.56. The van der Waals surface area contributed by atoms with Crippen LogP contribution >= 0.6 is 11.6 Å². The summed E-state index contributed by atoms with van der Waals surface area (Å²) in [5.41, 5.74) is 2.41. The smallest absolute Gasteiger partial charge is 0.269 e. The summed E-state index contributed by atoms with van der Waals surface area (Å²) in [5, 5.41) is 24.5. The normalized spacial score (nSPS) is 25.6. The highest BCUT2D eigenvalue weighted by Crippen LogP contribution is 2.66. The number of amides is 4. The number of ether oxygens (including phenoxy) is 2. The van der Waals surface area contributed by atoms with Gasteiger partial charge in [0.05, 0.1) is 53.7 Å². The molecule has 15 heteroatoms. The van der Waals surface area contributed by atoms with E-state index >= 15 is 4.79 Å². The Bertz CT molecular complexity index is 2320. The first kappa shape index (κ1) is 35.7. The van der Waals surface area contributed by atoms with Gasteiger partial charge in [0.2, 0.25) is 11.8 Å². The van der Waals surface area contributed by atoms with Crippen molar-refractivity contribution in [2.75, 3.05) is 24.5 Å². The summed E-state index contributed by atoms with van der Waals surface area (Å²) in [6.07, 6.45) is 1.85. The highest BCUT2D eigenvalue weighted by atomic mass is 35.5. The minimum absolute atomic E-state index is 0.0509. The molecule has 2 heterocycles. The molecule has 2 N–H and O–H groups in total. The minimum atomic E-state index is -1.77. The number of anilines is 2. The molecule has 4 aromatic carbocycles. The number of carbonyl (C=O) groups is 4. The fourth-order valence-electron chi connectivity index (χ4n) is 9.11. The van der Waals surface area contributed by atoms with Crippen molar-refractivity contribution in [3.05, 3.63) is 129 Å². The summed E-state index contributed by atoms with van der Waals surface area (Å²) >= 11 is 6.36. The molecule has 55 heavy (non-hydrogen) atoms. The number of hydrazine groups is 1. The lowest BCUT2D eigenvalue weighted by Gasteiger charge is -2.50. The summed E-state index contributed by atoms with van der Waals surface area (Å²) < 4.78 is 25.2. The van der Waals surface area contributed by atoms with Crippen LogP contribution in [-0.2, 0) is 24.6 Å². The number of rotatable bonds is 8. The number of fused-ring (bicyclic) bond motifs is 4. The van der Waals surface area contributed by atoms with E-state index in [1.807, 2.05) is 6.08 Å². The monoisotopic (exact) mass is 766 g/mol. The maximum absolute atomic E-state index is 15.4. The number of non-ortho nitro benzene ring substituents is 1. The van der Waals surface area contributed by atoms with E-state index < -0.39 is 69.4 Å². The summed E-state index contributed by atoms with van der Waals surface area (Å²) in [5.74, 6) is -7.75. The molecule has 0 spiro atoms. The maximum Gasteiger partial charge on any atom is 0.269 e. The van der Waals surface area contributed by atoms with Gasteiger partial charge >= 0.3 is 0 Å². The number of hydrogen-bond acceptors (Lipinski definition) is 10. The van der Waals surface area contributed by atoms with E-state index in [4.69, 9.17) is 21.1 Å². The predicted molar refractivity (Wildman–Crippen MR) is 196 cm³/mol. The summed E-state index contributed by atoms with van der Waals surface area (Å²) in [7, 11) is 2.80. The number of aromatic hydroxyl groups is 1. The first-order chi connectivity index (χ1) is 26.4. The van der Waals surface area contributed by atoms with Crippen LogP contribution in [0.1, 0.15) is 29.9 Å². The van der Waals surface area contributed by atoms with Crippen LogP contribution in [0.15, 0.2) is 96.6 Å². The number of hydrogen-bond donors (Lipinski definition) is 2. The molecular weight excluding hydrogens is 735 g/mol. The zero-order valence-corrected chi connectivity index (χ0v) is 30.0. The number of nitrogens with one attached hydrogen (secondary N) is 1. The van der Waals surface area contributed by atoms with Crippen LogP contribution in [-0.4, -0.2) is 52.9 Å². The van der Waals surface area contributed by atoms with Gasteiger partial charge < -0.3 is 14.6 Å². The number of carbonyl (C=O) groups excluding carboxylic acids is 4. The summed E-state index contributed by atoms with van der Waals surface area (Å²) in [6, 6.07) is 19.6. The Hall–Kier alpha value is -6.28. The highest BCUT2D eigenvalue weighted by molar-refractivity contribution is 6.30. The number of methoxy groups -OCH3 is 2. The van der Waals surface area contributed by atoms with Crippen LogP contribution in [0.3, 0.4) is 0 Å². The number of imide groups is 2. The van der Waals surface area contributed by atoms with Crippen LogP contribution < -0.4 is 19.8 Å². The Kier molecular flexibility index (Phi) is 8.60. The van der Waals surface area contributed by atoms with Gasteiger partial charge in [-0.1, -0.05) is 35.4 Å². The quantitative estimate of drug-likeness (QED) is 0.0899. The fraction of sp³-hybridized carbons (Fsp3) is 0.250. The largest absolute Gasteiger partial charge is 0.507 e. The van der Waals surface area contributed by atoms with E-state index in [9.17, 15) is 34.0 Å². The molecule has 0 radical (unpaired) electrons. The fourth-order valence-corrected chi connectivity index (χ4v) is 9.24. The van der Waals surface area contributed by atoms with Gasteiger partial charge in [0.1, 0.15) is 23.1 Å². The van der Waals surface area contributed by atoms with Crippen molar-refractivity contribution < 1.29 is 43.1 Å². The maximum atomic E-state index is 15.4. The molecule has 2 saturated heterocycles. The van der Waals surface area contributed by atoms with Gasteiger partial charge in [-0.05, 0) is 72.9 Å². The first-order valence-electron chi connectivity index (χ1n) is 17.3. The van der Waals surface area contributed by atoms with Crippen LogP contribution in [0.2, 0.25) is 5.02 Å². The van der Waals surface area contributed by atoms with Gasteiger partial charge in [0, 0.05) is 40.8 Å². The van der Waals surface area contributed by atoms with E-state index in [1.165, 1.54) is 68.8 Å². The number of phenols is 1. The van der Waals surface area contributed by atoms with Crippen LogP contribution in [0.25, 0.3) is 0 Å². The van der Waals surface area contributed by atoms with E-state index in [0.717, 1.165) is 9.91 Å². The van der Waals surface area contributed by atoms with Gasteiger partial charge in [0.25, 0.3) is 17.5 Å². The van der Waals surface area contributed by atoms with Gasteiger partial charge in [-0.2, -0.15) is 5.01 Å². The third kappa shape index (κ3) is 5.34. The molecule has 6 atom stereocenters. The number of nitro benzene ring substituents is 1. The van der Waals surface area contributed by atoms with Gasteiger partial charge in [-0.15, -0.1) is 0 Å². The molecule has 4 aliphatic rings. The lowest BCUT2D eigenvalue weighted by Crippen LogP contribution is -2.53. The Labute approximate surface area is 318 Å². The van der Waals surface area contributed by atoms with Crippen LogP contribution in [0, 0.1) is 39.6 Å². The highest BCUT2D eigenvalue weighted by Gasteiger charge is 2.71. The molecule has 8 rings (SSSR count). The number of allylic oxidation sites excluding steroid dienone is 2. The number of nitrogens with zero attached hydrogens (tertiary/aromatic N) is 3. The molecule has 2 aliphatic heterocycles. The number of benzene rings is 4. The Morgan fingerprint density at radius 2 is 1.60 bits per heavy atom. The Morgan fingerprint density at radius 1 is 0.909 bits per heavy atom. The van der Waals surface area contributed by atoms with Crippen molar-refractivity contribution in [1.29, 1.82) is 0 Å². The molecule has 13 nitrogen and oxygen atoms in total. The van der Waals surface area contributed by atoms with Crippen LogP contribution in [0.4, 0.5) is 21.5 Å². The Morgan fingerprint density at radius 3 is 2.24 bits per heavy atom. The second kappa shape index (κ2) is 13.2. The van der Waals surface area contributed by atoms with E-state index in [1.54, 1.807) is 30.3 Å². The van der Waals surface area contributed by atoms with Crippen molar-refractivity contribution >= 4 is 52.3 Å². The number of halogens is 2. The van der Waals surface area contributed by atoms with Gasteiger partial charge in [0.15, 0.2) is 0 Å². The number of nitro groups is 1. The average molecular weight is 767 g/mol. The minimum Gasteiger partial charge on any atom is -0.507 e. The lowest BCUT2D eigenvalue weighted by atomic mass is 9.49. The number of phenolic OH excluding ortho intramolecular Hbond substituents is 1. The molecule has 4 amide bonds. The molecule has 280 valence electrons. The van der Waals surface area contributed by atoms with Crippen molar-refractivity contribution in [3.63, 3.8) is 0 Å².